The molecule has 0 radical (unpaired) electrons. The highest BCUT2D eigenvalue weighted by Crippen LogP contribution is 2.32. The molecule has 6 nitrogen and oxygen atoms in total. The van der Waals surface area contributed by atoms with Crippen LogP contribution in [-0.4, -0.2) is 46.9 Å². The second-order valence-electron chi connectivity index (χ2n) is 5.86. The number of nitrogens with zero attached hydrogens (tertiary/aromatic N) is 3. The molecule has 21 heavy (non-hydrogen) atoms. The van der Waals surface area contributed by atoms with E-state index < -0.39 is 10.0 Å². The number of hydrogen-bond acceptors (Lipinski definition) is 4. The van der Waals surface area contributed by atoms with Crippen molar-refractivity contribution in [2.45, 2.75) is 43.5 Å². The van der Waals surface area contributed by atoms with Crippen molar-refractivity contribution in [1.82, 2.24) is 19.4 Å². The van der Waals surface area contributed by atoms with Crippen molar-refractivity contribution < 1.29 is 8.42 Å². The summed E-state index contributed by atoms with van der Waals surface area (Å²) in [5.74, 6) is 0. The molecule has 0 bridgehead atoms. The van der Waals surface area contributed by atoms with Crippen LogP contribution < -0.4 is 5.32 Å². The summed E-state index contributed by atoms with van der Waals surface area (Å²) < 4.78 is 27.8. The third-order valence-electron chi connectivity index (χ3n) is 4.33. The standard InChI is InChI=1S/C13H21ClN4O2S/c1-17-13(12(14)8-16-17)9-15-10-4-6-18(7-5-10)21(19,20)11-2-3-11/h8,10-11,15H,2-7,9H2,1H3. The Kier molecular flexibility index (Phi) is 4.27. The molecule has 2 fully saturated rings. The van der Waals surface area contributed by atoms with Gasteiger partial charge >= 0.3 is 0 Å². The van der Waals surface area contributed by atoms with Gasteiger partial charge in [-0.15, -0.1) is 0 Å². The zero-order valence-corrected chi connectivity index (χ0v) is 13.7. The summed E-state index contributed by atoms with van der Waals surface area (Å²) >= 11 is 6.08. The van der Waals surface area contributed by atoms with E-state index in [1.54, 1.807) is 15.2 Å². The minimum atomic E-state index is -3.01. The molecule has 0 spiro atoms. The molecular weight excluding hydrogens is 312 g/mol. The Morgan fingerprint density at radius 1 is 1.33 bits per heavy atom. The summed E-state index contributed by atoms with van der Waals surface area (Å²) in [6.07, 6.45) is 5.01. The fourth-order valence-corrected chi connectivity index (χ4v) is 4.87. The fourth-order valence-electron chi connectivity index (χ4n) is 2.77. The van der Waals surface area contributed by atoms with E-state index in [0.717, 1.165) is 31.4 Å². The van der Waals surface area contributed by atoms with Crippen LogP contribution in [0.4, 0.5) is 0 Å². The van der Waals surface area contributed by atoms with Crippen LogP contribution in [0.3, 0.4) is 0 Å². The second kappa shape index (κ2) is 5.87. The van der Waals surface area contributed by atoms with Crippen molar-refractivity contribution >= 4 is 21.6 Å². The molecule has 1 aromatic heterocycles. The molecule has 1 N–H and O–H groups in total. The van der Waals surface area contributed by atoms with Gasteiger partial charge in [0.25, 0.3) is 0 Å². The maximum atomic E-state index is 12.2. The molecule has 1 saturated heterocycles. The summed E-state index contributed by atoms with van der Waals surface area (Å²) in [7, 11) is -1.14. The molecule has 1 saturated carbocycles. The third-order valence-corrected chi connectivity index (χ3v) is 7.04. The molecule has 118 valence electrons. The van der Waals surface area contributed by atoms with Crippen LogP contribution in [0.1, 0.15) is 31.4 Å². The maximum Gasteiger partial charge on any atom is 0.216 e. The predicted octanol–water partition coefficient (Wildman–Crippen LogP) is 1.12. The normalized spacial score (nSPS) is 21.8. The molecule has 0 amide bonds. The van der Waals surface area contributed by atoms with E-state index in [1.807, 2.05) is 7.05 Å². The average molecular weight is 333 g/mol. The SMILES string of the molecule is Cn1ncc(Cl)c1CNC1CCN(S(=O)(=O)C2CC2)CC1. The lowest BCUT2D eigenvalue weighted by Crippen LogP contribution is -2.45. The fraction of sp³-hybridized carbons (Fsp3) is 0.769. The summed E-state index contributed by atoms with van der Waals surface area (Å²) in [6.45, 7) is 1.90. The molecule has 8 heteroatoms. The van der Waals surface area contributed by atoms with E-state index in [-0.39, 0.29) is 5.25 Å². The number of aromatic nitrogens is 2. The lowest BCUT2D eigenvalue weighted by molar-refractivity contribution is 0.287. The first-order valence-corrected chi connectivity index (χ1v) is 9.25. The summed E-state index contributed by atoms with van der Waals surface area (Å²) in [5, 5.41) is 8.13. The number of hydrogen-bond donors (Lipinski definition) is 1. The van der Waals surface area contributed by atoms with E-state index in [2.05, 4.69) is 10.4 Å². The van der Waals surface area contributed by atoms with Gasteiger partial charge in [0.15, 0.2) is 0 Å². The van der Waals surface area contributed by atoms with E-state index in [1.165, 1.54) is 0 Å². The Balaban J connectivity index is 1.50. The van der Waals surface area contributed by atoms with Crippen LogP contribution in [0.2, 0.25) is 5.02 Å². The Bertz CT molecular complexity index is 584. The zero-order valence-electron chi connectivity index (χ0n) is 12.1. The van der Waals surface area contributed by atoms with Crippen molar-refractivity contribution in [3.8, 4) is 0 Å². The third kappa shape index (κ3) is 3.26. The molecular formula is C13H21ClN4O2S. The largest absolute Gasteiger partial charge is 0.308 e. The molecule has 0 atom stereocenters. The van der Waals surface area contributed by atoms with Gasteiger partial charge in [0.2, 0.25) is 10.0 Å². The van der Waals surface area contributed by atoms with E-state index in [9.17, 15) is 8.42 Å². The first-order valence-electron chi connectivity index (χ1n) is 7.37. The summed E-state index contributed by atoms with van der Waals surface area (Å²) in [6, 6.07) is 0.335. The lowest BCUT2D eigenvalue weighted by Gasteiger charge is -2.31. The Labute approximate surface area is 130 Å². The number of sulfonamides is 1. The number of halogens is 1. The molecule has 1 aromatic rings. The van der Waals surface area contributed by atoms with Crippen molar-refractivity contribution in [2.24, 2.45) is 7.05 Å². The summed E-state index contributed by atoms with van der Waals surface area (Å²) in [5.41, 5.74) is 0.963. The monoisotopic (exact) mass is 332 g/mol. The lowest BCUT2D eigenvalue weighted by atomic mass is 10.1. The van der Waals surface area contributed by atoms with Crippen LogP contribution in [-0.2, 0) is 23.6 Å². The second-order valence-corrected chi connectivity index (χ2v) is 8.48. The highest BCUT2D eigenvalue weighted by molar-refractivity contribution is 7.90. The Morgan fingerprint density at radius 2 is 2.00 bits per heavy atom. The molecule has 3 rings (SSSR count). The topological polar surface area (TPSA) is 67.2 Å². The number of piperidine rings is 1. The quantitative estimate of drug-likeness (QED) is 0.877. The van der Waals surface area contributed by atoms with E-state index >= 15 is 0 Å². The molecule has 0 aromatic carbocycles. The highest BCUT2D eigenvalue weighted by Gasteiger charge is 2.41. The van der Waals surface area contributed by atoms with Gasteiger partial charge in [0.05, 0.1) is 22.2 Å². The van der Waals surface area contributed by atoms with E-state index in [0.29, 0.717) is 30.7 Å². The van der Waals surface area contributed by atoms with Gasteiger partial charge in [-0.05, 0) is 25.7 Å². The minimum Gasteiger partial charge on any atom is -0.308 e. The van der Waals surface area contributed by atoms with Gasteiger partial charge in [0.1, 0.15) is 0 Å². The summed E-state index contributed by atoms with van der Waals surface area (Å²) in [4.78, 5) is 0. The number of rotatable bonds is 5. The van der Waals surface area contributed by atoms with Crippen LogP contribution in [0.15, 0.2) is 6.20 Å². The van der Waals surface area contributed by atoms with Crippen LogP contribution in [0.5, 0.6) is 0 Å². The Morgan fingerprint density at radius 3 is 2.52 bits per heavy atom. The van der Waals surface area contributed by atoms with Gasteiger partial charge in [-0.1, -0.05) is 11.6 Å². The molecule has 0 unspecified atom stereocenters. The van der Waals surface area contributed by atoms with Crippen molar-refractivity contribution in [1.29, 1.82) is 0 Å². The van der Waals surface area contributed by atoms with Gasteiger partial charge in [-0.3, -0.25) is 4.68 Å². The van der Waals surface area contributed by atoms with Crippen LogP contribution in [0, 0.1) is 0 Å². The van der Waals surface area contributed by atoms with E-state index in [4.69, 9.17) is 11.6 Å². The molecule has 2 heterocycles. The smallest absolute Gasteiger partial charge is 0.216 e. The van der Waals surface area contributed by atoms with Crippen molar-refractivity contribution in [2.75, 3.05) is 13.1 Å². The van der Waals surface area contributed by atoms with Gasteiger partial charge < -0.3 is 5.32 Å². The molecule has 2 aliphatic rings. The molecule has 1 aliphatic carbocycles. The van der Waals surface area contributed by atoms with Crippen LogP contribution >= 0.6 is 11.6 Å². The van der Waals surface area contributed by atoms with Gasteiger partial charge in [0, 0.05) is 32.7 Å². The average Bonchev–Trinajstić information content (AvgIpc) is 3.26. The van der Waals surface area contributed by atoms with Crippen molar-refractivity contribution in [3.63, 3.8) is 0 Å². The highest BCUT2D eigenvalue weighted by atomic mass is 35.5. The first kappa shape index (κ1) is 15.3. The van der Waals surface area contributed by atoms with Crippen molar-refractivity contribution in [3.05, 3.63) is 16.9 Å². The van der Waals surface area contributed by atoms with Gasteiger partial charge in [-0.2, -0.15) is 5.10 Å². The Hall–Kier alpha value is -0.630. The first-order chi connectivity index (χ1) is 9.98. The van der Waals surface area contributed by atoms with Gasteiger partial charge in [-0.25, -0.2) is 12.7 Å². The predicted molar refractivity (Wildman–Crippen MR) is 81.6 cm³/mol. The molecule has 1 aliphatic heterocycles. The zero-order chi connectivity index (χ0) is 15.0. The number of aryl methyl sites for hydroxylation is 1. The maximum absolute atomic E-state index is 12.2. The minimum absolute atomic E-state index is 0.102. The van der Waals surface area contributed by atoms with Crippen LogP contribution in [0.25, 0.3) is 0 Å². The number of nitrogens with one attached hydrogen (secondary N) is 1.